The van der Waals surface area contributed by atoms with Crippen molar-refractivity contribution in [3.05, 3.63) is 53.6 Å². The minimum absolute atomic E-state index is 0.353. The van der Waals surface area contributed by atoms with Crippen molar-refractivity contribution < 1.29 is 26.7 Å². The monoisotopic (exact) mass is 395 g/mol. The summed E-state index contributed by atoms with van der Waals surface area (Å²) in [5.74, 6) is 1.44. The summed E-state index contributed by atoms with van der Waals surface area (Å²) in [6, 6.07) is 5.97. The summed E-state index contributed by atoms with van der Waals surface area (Å²) in [4.78, 5) is 7.72. The minimum atomic E-state index is -4.82. The number of alkyl halides is 4. The van der Waals surface area contributed by atoms with Gasteiger partial charge in [0.2, 0.25) is 0 Å². The fourth-order valence-electron chi connectivity index (χ4n) is 3.00. The van der Waals surface area contributed by atoms with Crippen LogP contribution >= 0.6 is 0 Å². The summed E-state index contributed by atoms with van der Waals surface area (Å²) in [7, 11) is 0. The molecule has 1 aromatic carbocycles. The van der Waals surface area contributed by atoms with Gasteiger partial charge in [-0.1, -0.05) is 18.1 Å². The molecule has 146 valence electrons. The first-order valence-electron chi connectivity index (χ1n) is 8.06. The number of rotatable bonds is 3. The summed E-state index contributed by atoms with van der Waals surface area (Å²) in [5, 5.41) is 0. The molecule has 4 nitrogen and oxygen atoms in total. The van der Waals surface area contributed by atoms with Gasteiger partial charge in [-0.3, -0.25) is 0 Å². The van der Waals surface area contributed by atoms with Crippen molar-refractivity contribution in [2.24, 2.45) is 10.7 Å². The Bertz CT molecular complexity index is 950. The summed E-state index contributed by atoms with van der Waals surface area (Å²) in [6.07, 6.45) is -1.49. The van der Waals surface area contributed by atoms with Gasteiger partial charge in [0, 0.05) is 23.7 Å². The van der Waals surface area contributed by atoms with E-state index in [4.69, 9.17) is 12.2 Å². The topological polar surface area (TPSA) is 60.5 Å². The lowest BCUT2D eigenvalue weighted by molar-refractivity contribution is -0.209. The van der Waals surface area contributed by atoms with E-state index in [0.29, 0.717) is 16.8 Å². The van der Waals surface area contributed by atoms with Crippen LogP contribution in [0.1, 0.15) is 17.7 Å². The molecule has 3 rings (SSSR count). The predicted octanol–water partition coefficient (Wildman–Crippen LogP) is 3.70. The number of hydrogen-bond donors (Lipinski definition) is 1. The van der Waals surface area contributed by atoms with E-state index in [-0.39, 0.29) is 5.56 Å². The van der Waals surface area contributed by atoms with Gasteiger partial charge < -0.3 is 10.5 Å². The van der Waals surface area contributed by atoms with Gasteiger partial charge in [-0.15, -0.1) is 6.42 Å². The second kappa shape index (κ2) is 7.11. The van der Waals surface area contributed by atoms with Gasteiger partial charge in [0.25, 0.3) is 6.02 Å². The third-order valence-electron chi connectivity index (χ3n) is 4.41. The molecule has 0 bridgehead atoms. The molecule has 0 aliphatic carbocycles. The molecule has 2 atom stereocenters. The van der Waals surface area contributed by atoms with Crippen LogP contribution < -0.4 is 5.73 Å². The maximum atomic E-state index is 14.5. The number of halogens is 5. The lowest BCUT2D eigenvalue weighted by atomic mass is 9.83. The number of nitrogens with zero attached hydrogens (tertiary/aromatic N) is 2. The van der Waals surface area contributed by atoms with Crippen LogP contribution in [0.2, 0.25) is 0 Å². The second-order valence-electron chi connectivity index (χ2n) is 6.24. The molecule has 1 aliphatic heterocycles. The molecule has 1 aliphatic rings. The minimum Gasteiger partial charge on any atom is -0.452 e. The maximum Gasteiger partial charge on any atom is 0.425 e. The number of pyridine rings is 1. The molecule has 2 N–H and O–H groups in total. The van der Waals surface area contributed by atoms with Crippen LogP contribution in [0.15, 0.2) is 41.5 Å². The van der Waals surface area contributed by atoms with Crippen molar-refractivity contribution in [2.75, 3.05) is 6.67 Å². The molecule has 0 amide bonds. The van der Waals surface area contributed by atoms with Crippen molar-refractivity contribution in [3.8, 4) is 23.5 Å². The van der Waals surface area contributed by atoms with Crippen LogP contribution in [0, 0.1) is 18.2 Å². The highest BCUT2D eigenvalue weighted by molar-refractivity contribution is 5.73. The highest BCUT2D eigenvalue weighted by Gasteiger charge is 2.52. The second-order valence-corrected chi connectivity index (χ2v) is 6.24. The van der Waals surface area contributed by atoms with Crippen LogP contribution in [0.25, 0.3) is 11.1 Å². The number of amidine groups is 1. The smallest absolute Gasteiger partial charge is 0.425 e. The molecule has 0 radical (unpaired) electrons. The van der Waals surface area contributed by atoms with Gasteiger partial charge in [0.15, 0.2) is 6.10 Å². The first kappa shape index (κ1) is 19.6. The molecule has 2 aromatic rings. The quantitative estimate of drug-likeness (QED) is 0.637. The summed E-state index contributed by atoms with van der Waals surface area (Å²) in [6.45, 7) is -1.39. The van der Waals surface area contributed by atoms with E-state index in [9.17, 15) is 22.0 Å². The van der Waals surface area contributed by atoms with E-state index in [1.165, 1.54) is 18.3 Å². The molecule has 2 heterocycles. The zero-order valence-corrected chi connectivity index (χ0v) is 14.3. The average Bonchev–Trinajstić information content (AvgIpc) is 2.67. The lowest BCUT2D eigenvalue weighted by Crippen LogP contribution is -2.48. The van der Waals surface area contributed by atoms with Crippen LogP contribution in [0.5, 0.6) is 0 Å². The van der Waals surface area contributed by atoms with Crippen LogP contribution in [0.3, 0.4) is 0 Å². The fraction of sp³-hybridized carbons (Fsp3) is 0.263. The predicted molar refractivity (Wildman–Crippen MR) is 92.4 cm³/mol. The molecule has 28 heavy (non-hydrogen) atoms. The Hall–Kier alpha value is -3.15. The Morgan fingerprint density at radius 2 is 1.96 bits per heavy atom. The van der Waals surface area contributed by atoms with Gasteiger partial charge in [-0.05, 0) is 23.8 Å². The van der Waals surface area contributed by atoms with Crippen molar-refractivity contribution in [2.45, 2.75) is 24.2 Å². The SMILES string of the molecule is C#Cc1ccc(-c2ccc(F)c(C3(CF)CC(C(F)(F)F)OC(N)=N3)c2)cn1. The zero-order chi connectivity index (χ0) is 20.5. The van der Waals surface area contributed by atoms with E-state index in [1.807, 2.05) is 0 Å². The highest BCUT2D eigenvalue weighted by Crippen LogP contribution is 2.42. The largest absolute Gasteiger partial charge is 0.452 e. The van der Waals surface area contributed by atoms with Gasteiger partial charge in [-0.25, -0.2) is 18.8 Å². The van der Waals surface area contributed by atoms with Gasteiger partial charge in [0.05, 0.1) is 0 Å². The van der Waals surface area contributed by atoms with E-state index in [1.54, 1.807) is 12.1 Å². The van der Waals surface area contributed by atoms with Crippen molar-refractivity contribution in [1.29, 1.82) is 0 Å². The Morgan fingerprint density at radius 3 is 2.54 bits per heavy atom. The molecule has 2 unspecified atom stereocenters. The lowest BCUT2D eigenvalue weighted by Gasteiger charge is -2.36. The average molecular weight is 395 g/mol. The molecule has 0 spiro atoms. The Morgan fingerprint density at radius 1 is 1.25 bits per heavy atom. The van der Waals surface area contributed by atoms with Crippen LogP contribution in [-0.2, 0) is 10.3 Å². The molecule has 0 fully saturated rings. The number of hydrogen-bond acceptors (Lipinski definition) is 4. The first-order valence-corrected chi connectivity index (χ1v) is 8.06. The summed E-state index contributed by atoms with van der Waals surface area (Å²) in [5.41, 5.74) is 4.14. The number of aromatic nitrogens is 1. The van der Waals surface area contributed by atoms with E-state index in [0.717, 1.165) is 6.07 Å². The Balaban J connectivity index is 2.10. The normalized spacial score (nSPS) is 22.1. The molecule has 0 saturated heterocycles. The fourth-order valence-corrected chi connectivity index (χ4v) is 3.00. The van der Waals surface area contributed by atoms with Crippen molar-refractivity contribution in [1.82, 2.24) is 4.98 Å². The third kappa shape index (κ3) is 3.63. The van der Waals surface area contributed by atoms with E-state index >= 15 is 0 Å². The number of terminal acetylenes is 1. The number of ether oxygens (including phenoxy) is 1. The maximum absolute atomic E-state index is 14.5. The molecular weight excluding hydrogens is 381 g/mol. The number of nitrogens with two attached hydrogens (primary N) is 1. The first-order chi connectivity index (χ1) is 13.2. The highest BCUT2D eigenvalue weighted by atomic mass is 19.4. The number of benzene rings is 1. The number of aliphatic imine (C=N–C) groups is 1. The molecule has 0 saturated carbocycles. The summed E-state index contributed by atoms with van der Waals surface area (Å²) >= 11 is 0. The van der Waals surface area contributed by atoms with Crippen molar-refractivity contribution >= 4 is 6.02 Å². The van der Waals surface area contributed by atoms with Crippen LogP contribution in [-0.4, -0.2) is 30.0 Å². The molecule has 1 aromatic heterocycles. The third-order valence-corrected chi connectivity index (χ3v) is 4.41. The summed E-state index contributed by atoms with van der Waals surface area (Å²) < 4.78 is 72.5. The standard InChI is InChI=1S/C19H14F5N3O/c1-2-13-5-3-12(9-26-13)11-4-6-15(21)14(7-11)18(10-20)8-16(19(22,23)24)28-17(25)27-18/h1,3-7,9,16H,8,10H2,(H2,25,27). The van der Waals surface area contributed by atoms with Gasteiger partial charge in [-0.2, -0.15) is 13.2 Å². The van der Waals surface area contributed by atoms with E-state index < -0.39 is 42.8 Å². The Labute approximate surface area is 157 Å². The van der Waals surface area contributed by atoms with Crippen molar-refractivity contribution in [3.63, 3.8) is 0 Å². The van der Waals surface area contributed by atoms with Crippen LogP contribution in [0.4, 0.5) is 22.0 Å². The Kier molecular flexibility index (Phi) is 4.98. The molecular formula is C19H14F5N3O. The zero-order valence-electron chi connectivity index (χ0n) is 14.3. The van der Waals surface area contributed by atoms with Gasteiger partial charge >= 0.3 is 6.18 Å². The molecule has 9 heteroatoms. The van der Waals surface area contributed by atoms with Gasteiger partial charge in [0.1, 0.15) is 23.7 Å². The van der Waals surface area contributed by atoms with E-state index in [2.05, 4.69) is 20.6 Å².